The fraction of sp³-hybridized carbons (Fsp3) is 0.286. The van der Waals surface area contributed by atoms with Gasteiger partial charge in [0.15, 0.2) is 0 Å². The molecule has 2 rings (SSSR count). The van der Waals surface area contributed by atoms with E-state index in [1.807, 2.05) is 12.1 Å². The maximum absolute atomic E-state index is 12.2. The lowest BCUT2D eigenvalue weighted by atomic mass is 10.2. The number of hydrogen-bond acceptors (Lipinski definition) is 4. The number of hydrogen-bond donors (Lipinski definition) is 2. The van der Waals surface area contributed by atoms with Crippen LogP contribution in [0.2, 0.25) is 0 Å². The number of thiophene rings is 1. The molecule has 4 nitrogen and oxygen atoms in total. The molecule has 0 radical (unpaired) electrons. The Balaban J connectivity index is 2.03. The second-order valence-corrected chi connectivity index (χ2v) is 8.91. The van der Waals surface area contributed by atoms with Crippen molar-refractivity contribution in [2.24, 2.45) is 0 Å². The van der Waals surface area contributed by atoms with Crippen LogP contribution < -0.4 is 10.0 Å². The molecule has 1 aromatic carbocycles. The zero-order valence-electron chi connectivity index (χ0n) is 11.6. The van der Waals surface area contributed by atoms with Gasteiger partial charge in [-0.3, -0.25) is 4.72 Å². The second-order valence-electron chi connectivity index (χ2n) is 4.54. The summed E-state index contributed by atoms with van der Waals surface area (Å²) in [7, 11) is -3.50. The molecule has 114 valence electrons. The Morgan fingerprint density at radius 3 is 2.43 bits per heavy atom. The summed E-state index contributed by atoms with van der Waals surface area (Å²) in [4.78, 5) is 0. The minimum atomic E-state index is -3.50. The van der Waals surface area contributed by atoms with Crippen molar-refractivity contribution >= 4 is 43.0 Å². The van der Waals surface area contributed by atoms with E-state index in [2.05, 4.69) is 32.9 Å². The van der Waals surface area contributed by atoms with Gasteiger partial charge in [-0.25, -0.2) is 8.42 Å². The van der Waals surface area contributed by atoms with Crippen molar-refractivity contribution in [3.63, 3.8) is 0 Å². The topological polar surface area (TPSA) is 58.2 Å². The Kier molecular flexibility index (Phi) is 5.80. The summed E-state index contributed by atoms with van der Waals surface area (Å²) in [5, 5.41) is 3.31. The van der Waals surface area contributed by atoms with Crippen molar-refractivity contribution in [1.82, 2.24) is 5.32 Å². The van der Waals surface area contributed by atoms with E-state index in [0.29, 0.717) is 9.90 Å². The molecular weight excluding hydrogens is 372 g/mol. The molecule has 0 saturated carbocycles. The summed E-state index contributed by atoms with van der Waals surface area (Å²) in [5.74, 6) is 0. The van der Waals surface area contributed by atoms with E-state index in [-0.39, 0.29) is 0 Å². The molecule has 0 saturated heterocycles. The summed E-state index contributed by atoms with van der Waals surface area (Å²) < 4.78 is 28.0. The van der Waals surface area contributed by atoms with Gasteiger partial charge >= 0.3 is 0 Å². The molecule has 2 N–H and O–H groups in total. The van der Waals surface area contributed by atoms with E-state index in [4.69, 9.17) is 0 Å². The van der Waals surface area contributed by atoms with Gasteiger partial charge in [0.25, 0.3) is 10.0 Å². The molecule has 0 spiro atoms. The van der Waals surface area contributed by atoms with Gasteiger partial charge in [0, 0.05) is 12.2 Å². The van der Waals surface area contributed by atoms with E-state index in [1.54, 1.807) is 24.3 Å². The normalized spacial score (nSPS) is 11.5. The highest BCUT2D eigenvalue weighted by molar-refractivity contribution is 9.11. The standard InChI is InChI=1S/C14H17BrN2O2S2/c1-2-9-16-10-11-3-5-12(6-4-11)17-21(18,19)14-8-7-13(15)20-14/h3-8,16-17H,2,9-10H2,1H3. The average molecular weight is 389 g/mol. The van der Waals surface area contributed by atoms with Crippen LogP contribution in [0.3, 0.4) is 0 Å². The van der Waals surface area contributed by atoms with Gasteiger partial charge in [-0.2, -0.15) is 0 Å². The smallest absolute Gasteiger partial charge is 0.271 e. The van der Waals surface area contributed by atoms with Crippen LogP contribution in [0.5, 0.6) is 0 Å². The van der Waals surface area contributed by atoms with Crippen LogP contribution >= 0.6 is 27.3 Å². The predicted octanol–water partition coefficient (Wildman–Crippen LogP) is 3.81. The van der Waals surface area contributed by atoms with Crippen LogP contribution in [0.25, 0.3) is 0 Å². The summed E-state index contributed by atoms with van der Waals surface area (Å²) >= 11 is 4.46. The number of rotatable bonds is 7. The Bertz CT molecular complexity index is 681. The third kappa shape index (κ3) is 4.81. The van der Waals surface area contributed by atoms with Gasteiger partial charge in [0.05, 0.1) is 3.79 Å². The van der Waals surface area contributed by atoms with Gasteiger partial charge in [0.1, 0.15) is 4.21 Å². The van der Waals surface area contributed by atoms with Crippen molar-refractivity contribution in [1.29, 1.82) is 0 Å². The highest BCUT2D eigenvalue weighted by Gasteiger charge is 2.16. The van der Waals surface area contributed by atoms with Gasteiger partial charge < -0.3 is 5.32 Å². The zero-order chi connectivity index (χ0) is 15.3. The fourth-order valence-corrected chi connectivity index (χ4v) is 4.82. The molecule has 0 fully saturated rings. The first-order chi connectivity index (χ1) is 10.0. The maximum atomic E-state index is 12.2. The molecule has 7 heteroatoms. The lowest BCUT2D eigenvalue weighted by molar-refractivity contribution is 0.603. The van der Waals surface area contributed by atoms with E-state index in [9.17, 15) is 8.42 Å². The molecule has 0 amide bonds. The van der Waals surface area contributed by atoms with Crippen molar-refractivity contribution in [2.45, 2.75) is 24.1 Å². The molecule has 0 atom stereocenters. The summed E-state index contributed by atoms with van der Waals surface area (Å²) in [6.07, 6.45) is 1.09. The first kappa shape index (κ1) is 16.5. The average Bonchev–Trinajstić information content (AvgIpc) is 2.88. The first-order valence-electron chi connectivity index (χ1n) is 6.59. The number of halogens is 1. The van der Waals surface area contributed by atoms with Gasteiger partial charge in [0.2, 0.25) is 0 Å². The fourth-order valence-electron chi connectivity index (χ4n) is 1.75. The molecular formula is C14H17BrN2O2S2. The van der Waals surface area contributed by atoms with Crippen molar-refractivity contribution in [3.05, 3.63) is 45.7 Å². The van der Waals surface area contributed by atoms with E-state index < -0.39 is 10.0 Å². The maximum Gasteiger partial charge on any atom is 0.271 e. The van der Waals surface area contributed by atoms with Gasteiger partial charge in [-0.15, -0.1) is 11.3 Å². The molecule has 0 aliphatic rings. The van der Waals surface area contributed by atoms with Crippen LogP contribution in [0.4, 0.5) is 5.69 Å². The van der Waals surface area contributed by atoms with Crippen LogP contribution in [0.1, 0.15) is 18.9 Å². The summed E-state index contributed by atoms with van der Waals surface area (Å²) in [6, 6.07) is 10.7. The molecule has 21 heavy (non-hydrogen) atoms. The van der Waals surface area contributed by atoms with Crippen molar-refractivity contribution < 1.29 is 8.42 Å². The third-order valence-corrected chi connectivity index (χ3v) is 6.27. The summed E-state index contributed by atoms with van der Waals surface area (Å²) in [6.45, 7) is 3.88. The van der Waals surface area contributed by atoms with Crippen LogP contribution in [0.15, 0.2) is 44.4 Å². The lowest BCUT2D eigenvalue weighted by Gasteiger charge is -2.08. The zero-order valence-corrected chi connectivity index (χ0v) is 14.8. The van der Waals surface area contributed by atoms with Crippen LogP contribution in [-0.4, -0.2) is 15.0 Å². The van der Waals surface area contributed by atoms with E-state index >= 15 is 0 Å². The monoisotopic (exact) mass is 388 g/mol. The first-order valence-corrected chi connectivity index (χ1v) is 9.68. The Morgan fingerprint density at radius 2 is 1.86 bits per heavy atom. The lowest BCUT2D eigenvalue weighted by Crippen LogP contribution is -2.14. The minimum Gasteiger partial charge on any atom is -0.313 e. The van der Waals surface area contributed by atoms with Gasteiger partial charge in [-0.1, -0.05) is 19.1 Å². The Labute approximate surface area is 137 Å². The Morgan fingerprint density at radius 1 is 1.14 bits per heavy atom. The van der Waals surface area contributed by atoms with Crippen LogP contribution in [-0.2, 0) is 16.6 Å². The van der Waals surface area contributed by atoms with Gasteiger partial charge in [-0.05, 0) is 58.7 Å². The summed E-state index contributed by atoms with van der Waals surface area (Å²) in [5.41, 5.74) is 1.70. The SMILES string of the molecule is CCCNCc1ccc(NS(=O)(=O)c2ccc(Br)s2)cc1. The molecule has 0 aliphatic heterocycles. The Hall–Kier alpha value is -0.890. The molecule has 2 aromatic rings. The van der Waals surface area contributed by atoms with E-state index in [0.717, 1.165) is 28.9 Å². The number of nitrogens with one attached hydrogen (secondary N) is 2. The highest BCUT2D eigenvalue weighted by Crippen LogP contribution is 2.27. The van der Waals surface area contributed by atoms with E-state index in [1.165, 1.54) is 11.3 Å². The molecule has 0 aliphatic carbocycles. The number of sulfonamides is 1. The van der Waals surface area contributed by atoms with Crippen molar-refractivity contribution in [2.75, 3.05) is 11.3 Å². The quantitative estimate of drug-likeness (QED) is 0.708. The molecule has 0 unspecified atom stereocenters. The highest BCUT2D eigenvalue weighted by atomic mass is 79.9. The number of benzene rings is 1. The third-order valence-electron chi connectivity index (χ3n) is 2.78. The largest absolute Gasteiger partial charge is 0.313 e. The van der Waals surface area contributed by atoms with Crippen LogP contribution in [0, 0.1) is 0 Å². The number of anilines is 1. The van der Waals surface area contributed by atoms with Crippen molar-refractivity contribution in [3.8, 4) is 0 Å². The molecule has 1 aromatic heterocycles. The second kappa shape index (κ2) is 7.40. The molecule has 1 heterocycles. The predicted molar refractivity (Wildman–Crippen MR) is 91.3 cm³/mol. The minimum absolute atomic E-state index is 0.295. The molecule has 0 bridgehead atoms.